The van der Waals surface area contributed by atoms with Crippen molar-refractivity contribution >= 4 is 87.4 Å². The van der Waals surface area contributed by atoms with Gasteiger partial charge in [0.25, 0.3) is 0 Å². The largest absolute Gasteiger partial charge is 0.456 e. The Labute approximate surface area is 337 Å². The van der Waals surface area contributed by atoms with Gasteiger partial charge in [-0.2, -0.15) is 0 Å². The molecule has 13 aromatic rings. The second-order valence-corrected chi connectivity index (χ2v) is 15.4. The van der Waals surface area contributed by atoms with E-state index in [-0.39, 0.29) is 0 Å². The second-order valence-electron chi connectivity index (χ2n) is 15.4. The summed E-state index contributed by atoms with van der Waals surface area (Å²) in [5, 5.41) is 11.4. The average molecular weight is 753 g/mol. The van der Waals surface area contributed by atoms with Gasteiger partial charge in [0.15, 0.2) is 0 Å². The van der Waals surface area contributed by atoms with Crippen molar-refractivity contribution in [1.29, 1.82) is 0 Å². The number of furan rings is 3. The van der Waals surface area contributed by atoms with Gasteiger partial charge in [-0.15, -0.1) is 0 Å². The molecule has 10 aromatic carbocycles. The Kier molecular flexibility index (Phi) is 6.72. The molecule has 0 unspecified atom stereocenters. The zero-order valence-electron chi connectivity index (χ0n) is 31.7. The van der Waals surface area contributed by atoms with Gasteiger partial charge >= 0.3 is 0 Å². The summed E-state index contributed by atoms with van der Waals surface area (Å²) in [5.74, 6) is 0. The highest BCUT2D eigenvalue weighted by atomic mass is 16.3. The fourth-order valence-electron chi connectivity index (χ4n) is 9.82. The van der Waals surface area contributed by atoms with Crippen molar-refractivity contribution in [3.63, 3.8) is 0 Å². The van der Waals surface area contributed by atoms with Crippen LogP contribution in [-0.2, 0) is 0 Å². The molecule has 0 saturated carbocycles. The summed E-state index contributed by atoms with van der Waals surface area (Å²) in [4.78, 5) is 0. The summed E-state index contributed by atoms with van der Waals surface area (Å²) >= 11 is 0. The molecule has 3 heteroatoms. The summed E-state index contributed by atoms with van der Waals surface area (Å²) in [6, 6.07) is 69.2. The monoisotopic (exact) mass is 752 g/mol. The molecule has 13 rings (SSSR count). The molecule has 0 aliphatic carbocycles. The number of benzene rings is 10. The van der Waals surface area contributed by atoms with Crippen molar-refractivity contribution < 1.29 is 13.3 Å². The Bertz CT molecular complexity index is 3800. The Morgan fingerprint density at radius 1 is 0.237 bits per heavy atom. The lowest BCUT2D eigenvalue weighted by Gasteiger charge is -2.22. The number of hydrogen-bond acceptors (Lipinski definition) is 3. The molecule has 0 radical (unpaired) electrons. The normalized spacial score (nSPS) is 12.1. The Hall–Kier alpha value is -7.88. The van der Waals surface area contributed by atoms with Gasteiger partial charge in [-0.3, -0.25) is 0 Å². The smallest absolute Gasteiger partial charge is 0.143 e. The minimum atomic E-state index is 0.867. The van der Waals surface area contributed by atoms with Gasteiger partial charge in [0.2, 0.25) is 0 Å². The van der Waals surface area contributed by atoms with Crippen LogP contribution in [0.2, 0.25) is 0 Å². The van der Waals surface area contributed by atoms with Gasteiger partial charge in [0, 0.05) is 37.9 Å². The maximum absolute atomic E-state index is 6.78. The molecule has 3 heterocycles. The van der Waals surface area contributed by atoms with Crippen molar-refractivity contribution in [3.8, 4) is 44.5 Å². The van der Waals surface area contributed by atoms with Crippen LogP contribution in [0.4, 0.5) is 0 Å². The highest BCUT2D eigenvalue weighted by Gasteiger charge is 2.25. The minimum absolute atomic E-state index is 0.867. The maximum atomic E-state index is 6.78. The highest BCUT2D eigenvalue weighted by molar-refractivity contribution is 6.26. The minimum Gasteiger partial charge on any atom is -0.456 e. The molecular formula is C56H32O3. The van der Waals surface area contributed by atoms with E-state index in [1.165, 1.54) is 32.7 Å². The van der Waals surface area contributed by atoms with Crippen LogP contribution in [0.3, 0.4) is 0 Å². The van der Waals surface area contributed by atoms with Crippen LogP contribution in [-0.4, -0.2) is 0 Å². The van der Waals surface area contributed by atoms with E-state index >= 15 is 0 Å². The van der Waals surface area contributed by atoms with Crippen molar-refractivity contribution in [2.24, 2.45) is 0 Å². The van der Waals surface area contributed by atoms with Crippen LogP contribution in [0.15, 0.2) is 207 Å². The molecule has 3 aromatic heterocycles. The van der Waals surface area contributed by atoms with E-state index in [0.717, 1.165) is 99.2 Å². The van der Waals surface area contributed by atoms with Crippen LogP contribution in [0.5, 0.6) is 0 Å². The third kappa shape index (κ3) is 4.64. The van der Waals surface area contributed by atoms with E-state index in [0.29, 0.717) is 0 Å². The molecule has 0 amide bonds. The summed E-state index contributed by atoms with van der Waals surface area (Å²) in [7, 11) is 0. The quantitative estimate of drug-likeness (QED) is 0.168. The van der Waals surface area contributed by atoms with Crippen LogP contribution >= 0.6 is 0 Å². The molecule has 0 N–H and O–H groups in total. The van der Waals surface area contributed by atoms with Gasteiger partial charge in [0.05, 0.1) is 0 Å². The lowest BCUT2D eigenvalue weighted by molar-refractivity contribution is 0.668. The number of hydrogen-bond donors (Lipinski definition) is 0. The van der Waals surface area contributed by atoms with Crippen molar-refractivity contribution in [3.05, 3.63) is 194 Å². The Balaban J connectivity index is 1.19. The molecule has 274 valence electrons. The fraction of sp³-hybridized carbons (Fsp3) is 0. The Morgan fingerprint density at radius 3 is 1.39 bits per heavy atom. The van der Waals surface area contributed by atoms with E-state index in [2.05, 4.69) is 170 Å². The maximum Gasteiger partial charge on any atom is 0.143 e. The van der Waals surface area contributed by atoms with Gasteiger partial charge in [-0.05, 0) is 96.9 Å². The zero-order chi connectivity index (χ0) is 38.6. The van der Waals surface area contributed by atoms with Gasteiger partial charge < -0.3 is 13.3 Å². The first-order valence-corrected chi connectivity index (χ1v) is 20.1. The van der Waals surface area contributed by atoms with E-state index in [1.807, 2.05) is 24.3 Å². The third-order valence-corrected chi connectivity index (χ3v) is 12.3. The summed E-state index contributed by atoms with van der Waals surface area (Å²) in [6.45, 7) is 0. The zero-order valence-corrected chi connectivity index (χ0v) is 31.7. The molecule has 0 aliphatic heterocycles. The lowest BCUT2D eigenvalue weighted by Crippen LogP contribution is -1.96. The number of fused-ring (bicyclic) bond motifs is 11. The van der Waals surface area contributed by atoms with Crippen molar-refractivity contribution in [1.82, 2.24) is 0 Å². The molecule has 0 saturated heterocycles. The molecule has 0 aliphatic rings. The van der Waals surface area contributed by atoms with Crippen LogP contribution in [0.1, 0.15) is 0 Å². The van der Waals surface area contributed by atoms with Gasteiger partial charge in [0.1, 0.15) is 33.5 Å². The number of para-hydroxylation sites is 4. The van der Waals surface area contributed by atoms with Crippen LogP contribution in [0.25, 0.3) is 132 Å². The van der Waals surface area contributed by atoms with E-state index in [4.69, 9.17) is 13.3 Å². The predicted octanol–water partition coefficient (Wildman–Crippen LogP) is 16.4. The molecule has 0 bridgehead atoms. The highest BCUT2D eigenvalue weighted by Crippen LogP contribution is 2.52. The van der Waals surface area contributed by atoms with Crippen LogP contribution < -0.4 is 0 Å². The summed E-state index contributed by atoms with van der Waals surface area (Å²) < 4.78 is 19.6. The lowest BCUT2D eigenvalue weighted by atomic mass is 9.80. The molecule has 0 fully saturated rings. The fourth-order valence-corrected chi connectivity index (χ4v) is 9.82. The first kappa shape index (κ1) is 32.2. The first-order valence-electron chi connectivity index (χ1n) is 20.1. The second kappa shape index (κ2) is 12.3. The SMILES string of the molecule is c1cc(-c2cccc3c2oc2ccccc23)c(-c2c3ccccc3c(-c3ccc4oc5ccccc5c4c3)c3ccccc23)c(-c2cccc3oc4ccccc4c23)c1. The average Bonchev–Trinajstić information content (AvgIpc) is 3.99. The predicted molar refractivity (Wildman–Crippen MR) is 245 cm³/mol. The summed E-state index contributed by atoms with van der Waals surface area (Å²) in [5.41, 5.74) is 14.4. The van der Waals surface area contributed by atoms with E-state index in [9.17, 15) is 0 Å². The third-order valence-electron chi connectivity index (χ3n) is 12.3. The number of rotatable bonds is 4. The summed E-state index contributed by atoms with van der Waals surface area (Å²) in [6.07, 6.45) is 0. The topological polar surface area (TPSA) is 39.4 Å². The van der Waals surface area contributed by atoms with Crippen LogP contribution in [0, 0.1) is 0 Å². The van der Waals surface area contributed by atoms with Gasteiger partial charge in [-0.1, -0.05) is 158 Å². The molecule has 0 atom stereocenters. The molecule has 3 nitrogen and oxygen atoms in total. The molecule has 59 heavy (non-hydrogen) atoms. The Morgan fingerprint density at radius 2 is 0.678 bits per heavy atom. The van der Waals surface area contributed by atoms with Crippen molar-refractivity contribution in [2.45, 2.75) is 0 Å². The van der Waals surface area contributed by atoms with Gasteiger partial charge in [-0.25, -0.2) is 0 Å². The molecule has 0 spiro atoms. The van der Waals surface area contributed by atoms with E-state index in [1.54, 1.807) is 0 Å². The molecular weight excluding hydrogens is 721 g/mol. The first-order chi connectivity index (χ1) is 29.3. The van der Waals surface area contributed by atoms with E-state index < -0.39 is 0 Å². The van der Waals surface area contributed by atoms with Crippen molar-refractivity contribution in [2.75, 3.05) is 0 Å². The standard InChI is InChI=1S/C56H32O3/c1-3-18-39-36(16-1)52(33-30-31-50-46(32-33)35-15-6-8-26-47(35)57-50)37-17-2-4-19-40(37)54(39)55-41(38-23-13-29-51-53(38)45-20-7-10-28-49(45)58-51)21-11-22-42(55)44-25-12-24-43-34-14-5-9-27-48(34)59-56(43)44/h1-32H.